The molecule has 0 saturated heterocycles. The van der Waals surface area contributed by atoms with E-state index < -0.39 is 29.0 Å². The van der Waals surface area contributed by atoms with Crippen molar-refractivity contribution < 1.29 is 18.0 Å². The van der Waals surface area contributed by atoms with Gasteiger partial charge in [0.1, 0.15) is 6.07 Å². The van der Waals surface area contributed by atoms with Crippen molar-refractivity contribution in [1.29, 1.82) is 5.26 Å². The highest BCUT2D eigenvalue weighted by Crippen LogP contribution is 2.34. The van der Waals surface area contributed by atoms with Gasteiger partial charge in [-0.05, 0) is 18.6 Å². The van der Waals surface area contributed by atoms with E-state index in [1.165, 1.54) is 13.0 Å². The van der Waals surface area contributed by atoms with Crippen molar-refractivity contribution in [3.05, 3.63) is 34.4 Å². The fraction of sp³-hybridized carbons (Fsp3) is 0.273. The van der Waals surface area contributed by atoms with Crippen molar-refractivity contribution >= 4 is 17.4 Å². The number of hydrogen-bond donors (Lipinski definition) is 0. The molecule has 0 saturated carbocycles. The number of hydrogen-bond acceptors (Lipinski definition) is 2. The van der Waals surface area contributed by atoms with Gasteiger partial charge in [-0.2, -0.15) is 18.4 Å². The molecule has 0 aliphatic heterocycles. The van der Waals surface area contributed by atoms with Crippen molar-refractivity contribution in [3.63, 3.8) is 0 Å². The van der Waals surface area contributed by atoms with Crippen LogP contribution in [0.4, 0.5) is 13.2 Å². The Labute approximate surface area is 101 Å². The molecule has 2 nitrogen and oxygen atoms in total. The van der Waals surface area contributed by atoms with E-state index in [0.29, 0.717) is 5.56 Å². The van der Waals surface area contributed by atoms with Crippen LogP contribution in [-0.2, 0) is 6.18 Å². The number of ketones is 1. The van der Waals surface area contributed by atoms with Crippen LogP contribution in [-0.4, -0.2) is 11.7 Å². The molecule has 0 aromatic heterocycles. The van der Waals surface area contributed by atoms with E-state index in [1.54, 1.807) is 0 Å². The number of aryl methyl sites for hydroxylation is 1. The second-order valence-electron chi connectivity index (χ2n) is 3.35. The number of nitriles is 1. The first-order chi connectivity index (χ1) is 7.82. The third-order valence-corrected chi connectivity index (χ3v) is 2.47. The number of halogens is 4. The summed E-state index contributed by atoms with van der Waals surface area (Å²) < 4.78 is 37.9. The smallest absolute Gasteiger partial charge is 0.293 e. The molecular formula is C11H7ClF3NO. The summed E-state index contributed by atoms with van der Waals surface area (Å²) in [6, 6.07) is 3.37. The monoisotopic (exact) mass is 261 g/mol. The van der Waals surface area contributed by atoms with Crippen molar-refractivity contribution in [2.75, 3.05) is 5.88 Å². The van der Waals surface area contributed by atoms with E-state index >= 15 is 0 Å². The number of alkyl halides is 4. The number of carbonyl (C=O) groups is 1. The maximum Gasteiger partial charge on any atom is 0.417 e. The third-order valence-electron chi connectivity index (χ3n) is 2.23. The Hall–Kier alpha value is -1.54. The minimum atomic E-state index is -4.67. The third kappa shape index (κ3) is 2.59. The van der Waals surface area contributed by atoms with Gasteiger partial charge < -0.3 is 0 Å². The van der Waals surface area contributed by atoms with Crippen LogP contribution >= 0.6 is 11.6 Å². The Morgan fingerprint density at radius 1 is 1.47 bits per heavy atom. The molecule has 6 heteroatoms. The molecule has 0 unspecified atom stereocenters. The fourth-order valence-electron chi connectivity index (χ4n) is 1.49. The van der Waals surface area contributed by atoms with Crippen molar-refractivity contribution in [2.24, 2.45) is 0 Å². The summed E-state index contributed by atoms with van der Waals surface area (Å²) in [6.07, 6.45) is -4.67. The number of benzene rings is 1. The first-order valence-corrected chi connectivity index (χ1v) is 5.06. The topological polar surface area (TPSA) is 40.9 Å². The molecule has 90 valence electrons. The highest BCUT2D eigenvalue weighted by Gasteiger charge is 2.35. The minimum Gasteiger partial charge on any atom is -0.293 e. The van der Waals surface area contributed by atoms with Crippen molar-refractivity contribution in [1.82, 2.24) is 0 Å². The molecule has 0 amide bonds. The Bertz CT molecular complexity index is 503. The summed E-state index contributed by atoms with van der Waals surface area (Å²) in [5, 5.41) is 8.79. The summed E-state index contributed by atoms with van der Waals surface area (Å²) in [5.74, 6) is -1.15. The summed E-state index contributed by atoms with van der Waals surface area (Å²) in [6.45, 7) is 1.46. The molecule has 0 aliphatic carbocycles. The van der Waals surface area contributed by atoms with E-state index in [0.717, 1.165) is 12.1 Å². The Kier molecular flexibility index (Phi) is 3.79. The van der Waals surface area contributed by atoms with Gasteiger partial charge >= 0.3 is 6.18 Å². The van der Waals surface area contributed by atoms with Crippen LogP contribution in [0, 0.1) is 18.3 Å². The number of nitrogens with zero attached hydrogens (tertiary/aromatic N) is 1. The molecule has 1 aromatic rings. The van der Waals surface area contributed by atoms with Gasteiger partial charge in [0.25, 0.3) is 0 Å². The summed E-state index contributed by atoms with van der Waals surface area (Å²) in [7, 11) is 0. The normalized spacial score (nSPS) is 11.1. The predicted octanol–water partition coefficient (Wildman–Crippen LogP) is 3.31. The van der Waals surface area contributed by atoms with Gasteiger partial charge in [0.15, 0.2) is 5.78 Å². The molecule has 0 spiro atoms. The van der Waals surface area contributed by atoms with Gasteiger partial charge in [0.05, 0.1) is 17.0 Å². The molecule has 0 atom stereocenters. The summed E-state index contributed by atoms with van der Waals surface area (Å²) >= 11 is 5.31. The van der Waals surface area contributed by atoms with E-state index in [1.807, 2.05) is 0 Å². The van der Waals surface area contributed by atoms with Gasteiger partial charge in [-0.1, -0.05) is 6.07 Å². The van der Waals surface area contributed by atoms with Crippen LogP contribution in [0.25, 0.3) is 0 Å². The lowest BCUT2D eigenvalue weighted by molar-refractivity contribution is -0.137. The largest absolute Gasteiger partial charge is 0.417 e. The zero-order valence-corrected chi connectivity index (χ0v) is 9.49. The van der Waals surface area contributed by atoms with E-state index in [4.69, 9.17) is 16.9 Å². The van der Waals surface area contributed by atoms with Crippen molar-refractivity contribution in [2.45, 2.75) is 13.1 Å². The van der Waals surface area contributed by atoms with Crippen LogP contribution in [0.5, 0.6) is 0 Å². The number of Topliss-reactive ketones (excluding diaryl/α,β-unsaturated/α-hetero) is 1. The Morgan fingerprint density at radius 2 is 2.06 bits per heavy atom. The van der Waals surface area contributed by atoms with Crippen LogP contribution in [0.3, 0.4) is 0 Å². The Morgan fingerprint density at radius 3 is 2.47 bits per heavy atom. The zero-order chi connectivity index (χ0) is 13.2. The lowest BCUT2D eigenvalue weighted by Crippen LogP contribution is -2.14. The number of carbonyl (C=O) groups excluding carboxylic acids is 1. The second kappa shape index (κ2) is 4.76. The van der Waals surface area contributed by atoms with Gasteiger partial charge in [0.2, 0.25) is 0 Å². The average Bonchev–Trinajstić information content (AvgIpc) is 2.25. The molecule has 17 heavy (non-hydrogen) atoms. The molecule has 0 radical (unpaired) electrons. The molecule has 0 fully saturated rings. The maximum atomic E-state index is 12.6. The highest BCUT2D eigenvalue weighted by molar-refractivity contribution is 6.31. The quantitative estimate of drug-likeness (QED) is 0.605. The standard InChI is InChI=1S/C11H7ClF3NO/c1-6-2-3-8(11(13,14)15)7(5-16)10(6)9(17)4-12/h2-3H,4H2,1H3. The van der Waals surface area contributed by atoms with Gasteiger partial charge in [-0.15, -0.1) is 11.6 Å². The average molecular weight is 262 g/mol. The SMILES string of the molecule is Cc1ccc(C(F)(F)F)c(C#N)c1C(=O)CCl. The first kappa shape index (κ1) is 13.5. The molecule has 0 heterocycles. The van der Waals surface area contributed by atoms with Gasteiger partial charge in [0, 0.05) is 5.56 Å². The van der Waals surface area contributed by atoms with Gasteiger partial charge in [-0.25, -0.2) is 0 Å². The van der Waals surface area contributed by atoms with E-state index in [2.05, 4.69) is 0 Å². The van der Waals surface area contributed by atoms with Crippen LogP contribution in [0.1, 0.15) is 27.0 Å². The lowest BCUT2D eigenvalue weighted by Gasteiger charge is -2.13. The van der Waals surface area contributed by atoms with Crippen LogP contribution in [0.15, 0.2) is 12.1 Å². The highest BCUT2D eigenvalue weighted by atomic mass is 35.5. The Balaban J connectivity index is 3.61. The van der Waals surface area contributed by atoms with Crippen LogP contribution < -0.4 is 0 Å². The van der Waals surface area contributed by atoms with Crippen molar-refractivity contribution in [3.8, 4) is 6.07 Å². The van der Waals surface area contributed by atoms with E-state index in [-0.39, 0.29) is 5.56 Å². The maximum absolute atomic E-state index is 12.6. The summed E-state index contributed by atoms with van der Waals surface area (Å²) in [5.41, 5.74) is -1.72. The molecule has 0 N–H and O–H groups in total. The molecule has 0 bridgehead atoms. The van der Waals surface area contributed by atoms with Crippen LogP contribution in [0.2, 0.25) is 0 Å². The number of rotatable bonds is 2. The van der Waals surface area contributed by atoms with E-state index in [9.17, 15) is 18.0 Å². The molecule has 0 aliphatic rings. The molecule has 1 aromatic carbocycles. The molecule has 1 rings (SSSR count). The summed E-state index contributed by atoms with van der Waals surface area (Å²) in [4.78, 5) is 11.4. The molecular weight excluding hydrogens is 255 g/mol. The lowest BCUT2D eigenvalue weighted by atomic mass is 9.94. The minimum absolute atomic E-state index is 0.252. The fourth-order valence-corrected chi connectivity index (χ4v) is 1.62. The zero-order valence-electron chi connectivity index (χ0n) is 8.73. The second-order valence-corrected chi connectivity index (χ2v) is 3.61. The van der Waals surface area contributed by atoms with Gasteiger partial charge in [-0.3, -0.25) is 4.79 Å². The predicted molar refractivity (Wildman–Crippen MR) is 55.9 cm³/mol. The first-order valence-electron chi connectivity index (χ1n) is 4.53.